The Hall–Kier alpha value is -0.820. The van der Waals surface area contributed by atoms with Crippen molar-refractivity contribution < 1.29 is 0 Å². The molecule has 0 spiro atoms. The first-order chi connectivity index (χ1) is 6.74. The summed E-state index contributed by atoms with van der Waals surface area (Å²) in [6, 6.07) is 11.1. The van der Waals surface area contributed by atoms with E-state index < -0.39 is 0 Å². The molecule has 1 rings (SSSR count). The summed E-state index contributed by atoms with van der Waals surface area (Å²) in [5.41, 5.74) is 1.37. The molecule has 0 bridgehead atoms. The Morgan fingerprint density at radius 1 is 1.14 bits per heavy atom. The fourth-order valence-corrected chi connectivity index (χ4v) is 1.38. The topological polar surface area (TPSA) is 12.0 Å². The van der Waals surface area contributed by atoms with E-state index in [0.717, 1.165) is 12.5 Å². The monoisotopic (exact) mass is 191 g/mol. The van der Waals surface area contributed by atoms with E-state index in [9.17, 15) is 0 Å². The van der Waals surface area contributed by atoms with E-state index in [1.54, 1.807) is 0 Å². The van der Waals surface area contributed by atoms with Crippen molar-refractivity contribution in [3.63, 3.8) is 0 Å². The number of rotatable bonds is 5. The van der Waals surface area contributed by atoms with Crippen LogP contribution < -0.4 is 5.32 Å². The quantitative estimate of drug-likeness (QED) is 0.752. The molecule has 0 saturated heterocycles. The Bertz CT molecular complexity index is 243. The van der Waals surface area contributed by atoms with Crippen LogP contribution in [0.1, 0.15) is 38.8 Å². The molecule has 0 heterocycles. The SMILES string of the molecule is CC[C@@H](C)CN[C@H](C)c1ccccc1. The molecule has 0 fully saturated rings. The van der Waals surface area contributed by atoms with Crippen molar-refractivity contribution in [3.05, 3.63) is 35.9 Å². The molecule has 1 aromatic carbocycles. The first kappa shape index (κ1) is 11.3. The highest BCUT2D eigenvalue weighted by Gasteiger charge is 2.05. The van der Waals surface area contributed by atoms with Gasteiger partial charge in [0.05, 0.1) is 0 Å². The highest BCUT2D eigenvalue weighted by atomic mass is 14.9. The predicted octanol–water partition coefficient (Wildman–Crippen LogP) is 3.38. The average molecular weight is 191 g/mol. The van der Waals surface area contributed by atoms with Crippen LogP contribution in [0, 0.1) is 5.92 Å². The molecule has 0 aliphatic carbocycles. The Morgan fingerprint density at radius 2 is 1.79 bits per heavy atom. The third-order valence-electron chi connectivity index (χ3n) is 2.77. The minimum atomic E-state index is 0.463. The largest absolute Gasteiger partial charge is 0.310 e. The second kappa shape index (κ2) is 5.82. The van der Waals surface area contributed by atoms with Gasteiger partial charge in [0.1, 0.15) is 0 Å². The number of benzene rings is 1. The van der Waals surface area contributed by atoms with Crippen LogP contribution in [0.5, 0.6) is 0 Å². The average Bonchev–Trinajstić information content (AvgIpc) is 2.26. The van der Waals surface area contributed by atoms with E-state index in [2.05, 4.69) is 56.4 Å². The van der Waals surface area contributed by atoms with Crippen LogP contribution in [0.4, 0.5) is 0 Å². The zero-order valence-electron chi connectivity index (χ0n) is 9.46. The van der Waals surface area contributed by atoms with Crippen molar-refractivity contribution in [2.24, 2.45) is 5.92 Å². The van der Waals surface area contributed by atoms with E-state index in [1.165, 1.54) is 12.0 Å². The fourth-order valence-electron chi connectivity index (χ4n) is 1.38. The lowest BCUT2D eigenvalue weighted by molar-refractivity contribution is 0.461. The highest BCUT2D eigenvalue weighted by molar-refractivity contribution is 5.17. The molecule has 1 N–H and O–H groups in total. The van der Waals surface area contributed by atoms with Gasteiger partial charge in [0.15, 0.2) is 0 Å². The molecule has 2 atom stereocenters. The molecule has 1 aromatic rings. The molecule has 1 heteroatoms. The molecule has 14 heavy (non-hydrogen) atoms. The molecular formula is C13H21N. The van der Waals surface area contributed by atoms with Crippen molar-refractivity contribution >= 4 is 0 Å². The van der Waals surface area contributed by atoms with Crippen molar-refractivity contribution in [3.8, 4) is 0 Å². The van der Waals surface area contributed by atoms with Gasteiger partial charge in [-0.05, 0) is 24.9 Å². The van der Waals surface area contributed by atoms with Crippen LogP contribution in [0.2, 0.25) is 0 Å². The third kappa shape index (κ3) is 3.51. The molecule has 0 aromatic heterocycles. The molecular weight excluding hydrogens is 170 g/mol. The first-order valence-corrected chi connectivity index (χ1v) is 5.52. The third-order valence-corrected chi connectivity index (χ3v) is 2.77. The minimum Gasteiger partial charge on any atom is -0.310 e. The normalized spacial score (nSPS) is 15.1. The van der Waals surface area contributed by atoms with Crippen molar-refractivity contribution in [2.75, 3.05) is 6.54 Å². The van der Waals surface area contributed by atoms with Crippen LogP contribution in [0.3, 0.4) is 0 Å². The van der Waals surface area contributed by atoms with Gasteiger partial charge in [0, 0.05) is 6.04 Å². The lowest BCUT2D eigenvalue weighted by Gasteiger charge is -2.16. The van der Waals surface area contributed by atoms with E-state index in [0.29, 0.717) is 6.04 Å². The minimum absolute atomic E-state index is 0.463. The van der Waals surface area contributed by atoms with Gasteiger partial charge in [-0.3, -0.25) is 0 Å². The second-order valence-electron chi connectivity index (χ2n) is 4.05. The maximum atomic E-state index is 3.55. The van der Waals surface area contributed by atoms with Crippen molar-refractivity contribution in [1.82, 2.24) is 5.32 Å². The van der Waals surface area contributed by atoms with Crippen molar-refractivity contribution in [2.45, 2.75) is 33.2 Å². The number of hydrogen-bond acceptors (Lipinski definition) is 1. The smallest absolute Gasteiger partial charge is 0.0291 e. The Labute approximate surface area is 87.5 Å². The Kier molecular flexibility index (Phi) is 4.68. The summed E-state index contributed by atoms with van der Waals surface area (Å²) in [5, 5.41) is 3.55. The van der Waals surface area contributed by atoms with Crippen molar-refractivity contribution in [1.29, 1.82) is 0 Å². The number of nitrogens with one attached hydrogen (secondary N) is 1. The zero-order chi connectivity index (χ0) is 10.4. The van der Waals surface area contributed by atoms with E-state index in [4.69, 9.17) is 0 Å². The first-order valence-electron chi connectivity index (χ1n) is 5.52. The Morgan fingerprint density at radius 3 is 2.36 bits per heavy atom. The molecule has 0 aliphatic heterocycles. The zero-order valence-corrected chi connectivity index (χ0v) is 9.46. The highest BCUT2D eigenvalue weighted by Crippen LogP contribution is 2.11. The van der Waals surface area contributed by atoms with Crippen LogP contribution in [0.25, 0.3) is 0 Å². The standard InChI is InChI=1S/C13H21N/c1-4-11(2)10-14-12(3)13-8-6-5-7-9-13/h5-9,11-12,14H,4,10H2,1-3H3/t11-,12-/m1/s1. The summed E-state index contributed by atoms with van der Waals surface area (Å²) in [7, 11) is 0. The number of hydrogen-bond donors (Lipinski definition) is 1. The molecule has 78 valence electrons. The molecule has 0 unspecified atom stereocenters. The fraction of sp³-hybridized carbons (Fsp3) is 0.538. The molecule has 0 saturated carbocycles. The van der Waals surface area contributed by atoms with Gasteiger partial charge < -0.3 is 5.32 Å². The molecule has 1 nitrogen and oxygen atoms in total. The van der Waals surface area contributed by atoms with Gasteiger partial charge in [-0.2, -0.15) is 0 Å². The van der Waals surface area contributed by atoms with Gasteiger partial charge in [-0.25, -0.2) is 0 Å². The van der Waals surface area contributed by atoms with E-state index >= 15 is 0 Å². The van der Waals surface area contributed by atoms with E-state index in [-0.39, 0.29) is 0 Å². The summed E-state index contributed by atoms with van der Waals surface area (Å²) in [6.45, 7) is 7.84. The summed E-state index contributed by atoms with van der Waals surface area (Å²) in [6.07, 6.45) is 1.24. The molecule has 0 amide bonds. The lowest BCUT2D eigenvalue weighted by atomic mass is 10.1. The summed E-state index contributed by atoms with van der Waals surface area (Å²) in [5.74, 6) is 0.765. The lowest BCUT2D eigenvalue weighted by Crippen LogP contribution is -2.24. The maximum Gasteiger partial charge on any atom is 0.0291 e. The van der Waals surface area contributed by atoms with E-state index in [1.807, 2.05) is 0 Å². The predicted molar refractivity (Wildman–Crippen MR) is 62.3 cm³/mol. The van der Waals surface area contributed by atoms with Crippen LogP contribution in [-0.2, 0) is 0 Å². The van der Waals surface area contributed by atoms with Gasteiger partial charge in [0.25, 0.3) is 0 Å². The van der Waals surface area contributed by atoms with Gasteiger partial charge in [0.2, 0.25) is 0 Å². The summed E-state index contributed by atoms with van der Waals surface area (Å²) < 4.78 is 0. The van der Waals surface area contributed by atoms with Crippen LogP contribution in [-0.4, -0.2) is 6.54 Å². The van der Waals surface area contributed by atoms with Crippen LogP contribution >= 0.6 is 0 Å². The van der Waals surface area contributed by atoms with Gasteiger partial charge in [-0.1, -0.05) is 50.6 Å². The second-order valence-corrected chi connectivity index (χ2v) is 4.05. The van der Waals surface area contributed by atoms with Gasteiger partial charge in [-0.15, -0.1) is 0 Å². The molecule has 0 aliphatic rings. The maximum absolute atomic E-state index is 3.55. The Balaban J connectivity index is 2.39. The van der Waals surface area contributed by atoms with Gasteiger partial charge >= 0.3 is 0 Å². The summed E-state index contributed by atoms with van der Waals surface area (Å²) in [4.78, 5) is 0. The molecule has 0 radical (unpaired) electrons. The van der Waals surface area contributed by atoms with Crippen LogP contribution in [0.15, 0.2) is 30.3 Å². The summed E-state index contributed by atoms with van der Waals surface area (Å²) >= 11 is 0.